The smallest absolute Gasteiger partial charge is 0.258 e. The molecule has 1 heterocycles. The van der Waals surface area contributed by atoms with E-state index in [4.69, 9.17) is 10.5 Å². The van der Waals surface area contributed by atoms with Crippen LogP contribution in [0, 0.1) is 0 Å². The van der Waals surface area contributed by atoms with Crippen molar-refractivity contribution in [3.8, 4) is 5.75 Å². The number of para-hydroxylation sites is 1. The van der Waals surface area contributed by atoms with Crippen molar-refractivity contribution >= 4 is 11.6 Å². The number of nitrogens with zero attached hydrogens (tertiary/aromatic N) is 1. The van der Waals surface area contributed by atoms with E-state index in [1.807, 2.05) is 6.92 Å². The Morgan fingerprint density at radius 3 is 2.95 bits per heavy atom. The third-order valence-corrected chi connectivity index (χ3v) is 3.91. The number of nitrogens with two attached hydrogens (primary N) is 1. The van der Waals surface area contributed by atoms with Crippen LogP contribution in [0.25, 0.3) is 0 Å². The maximum atomic E-state index is 12.8. The van der Waals surface area contributed by atoms with Gasteiger partial charge in [0.2, 0.25) is 0 Å². The van der Waals surface area contributed by atoms with Crippen LogP contribution < -0.4 is 10.5 Å². The summed E-state index contributed by atoms with van der Waals surface area (Å²) in [5.74, 6) is 0.345. The maximum Gasteiger partial charge on any atom is 0.258 e. The summed E-state index contributed by atoms with van der Waals surface area (Å²) < 4.78 is 5.54. The number of benzene rings is 1. The van der Waals surface area contributed by atoms with Gasteiger partial charge in [-0.15, -0.1) is 0 Å². The normalized spacial score (nSPS) is 19.1. The summed E-state index contributed by atoms with van der Waals surface area (Å²) in [6, 6.07) is 5.11. The topological polar surface area (TPSA) is 75.8 Å². The number of carbonyl (C=O) groups excluding carboxylic acids is 1. The van der Waals surface area contributed by atoms with Crippen LogP contribution in [0.4, 0.5) is 5.69 Å². The molecule has 1 saturated heterocycles. The number of nitrogen functional groups attached to an aromatic ring is 1. The van der Waals surface area contributed by atoms with E-state index < -0.39 is 0 Å². The molecule has 1 unspecified atom stereocenters. The molecule has 0 saturated carbocycles. The molecular formula is C16H24N2O3. The van der Waals surface area contributed by atoms with Crippen LogP contribution >= 0.6 is 0 Å². The number of hydrogen-bond donors (Lipinski definition) is 2. The average Bonchev–Trinajstić information content (AvgIpc) is 2.74. The van der Waals surface area contributed by atoms with Gasteiger partial charge in [-0.25, -0.2) is 0 Å². The predicted octanol–water partition coefficient (Wildman–Crippen LogP) is 2.04. The maximum absolute atomic E-state index is 12.8. The quantitative estimate of drug-likeness (QED) is 0.833. The molecule has 0 bridgehead atoms. The van der Waals surface area contributed by atoms with E-state index in [9.17, 15) is 9.90 Å². The van der Waals surface area contributed by atoms with Crippen molar-refractivity contribution in [2.24, 2.45) is 0 Å². The lowest BCUT2D eigenvalue weighted by Crippen LogP contribution is -2.42. The molecular weight excluding hydrogens is 268 g/mol. The predicted molar refractivity (Wildman–Crippen MR) is 82.4 cm³/mol. The molecule has 1 aromatic carbocycles. The minimum atomic E-state index is -0.115. The van der Waals surface area contributed by atoms with Crippen LogP contribution in [0.5, 0.6) is 5.75 Å². The lowest BCUT2D eigenvalue weighted by Gasteiger charge is -2.29. The molecule has 21 heavy (non-hydrogen) atoms. The van der Waals surface area contributed by atoms with Gasteiger partial charge in [0.05, 0.1) is 30.5 Å². The van der Waals surface area contributed by atoms with Crippen LogP contribution in [0.3, 0.4) is 0 Å². The van der Waals surface area contributed by atoms with E-state index in [0.717, 1.165) is 25.7 Å². The van der Waals surface area contributed by atoms with Crippen LogP contribution in [0.2, 0.25) is 0 Å². The first-order chi connectivity index (χ1) is 10.2. The van der Waals surface area contributed by atoms with E-state index in [2.05, 4.69) is 0 Å². The van der Waals surface area contributed by atoms with E-state index >= 15 is 0 Å². The Balaban J connectivity index is 2.31. The molecule has 0 aromatic heterocycles. The third-order valence-electron chi connectivity index (χ3n) is 3.91. The molecule has 0 aliphatic carbocycles. The van der Waals surface area contributed by atoms with Crippen molar-refractivity contribution in [1.82, 2.24) is 4.90 Å². The molecule has 5 nitrogen and oxygen atoms in total. The van der Waals surface area contributed by atoms with Crippen molar-refractivity contribution in [1.29, 1.82) is 0 Å². The van der Waals surface area contributed by atoms with Crippen LogP contribution in [0.15, 0.2) is 18.2 Å². The summed E-state index contributed by atoms with van der Waals surface area (Å²) in [5.41, 5.74) is 6.88. The number of likely N-dealkylation sites (tertiary alicyclic amines) is 1. The summed E-state index contributed by atoms with van der Waals surface area (Å²) in [6.45, 7) is 2.99. The zero-order chi connectivity index (χ0) is 15.2. The lowest BCUT2D eigenvalue weighted by atomic mass is 10.1. The number of hydrogen-bond acceptors (Lipinski definition) is 4. The zero-order valence-corrected chi connectivity index (χ0v) is 12.5. The van der Waals surface area contributed by atoms with Crippen molar-refractivity contribution in [3.63, 3.8) is 0 Å². The highest BCUT2D eigenvalue weighted by Crippen LogP contribution is 2.29. The van der Waals surface area contributed by atoms with E-state index in [0.29, 0.717) is 30.2 Å². The van der Waals surface area contributed by atoms with Gasteiger partial charge < -0.3 is 20.5 Å². The first kappa shape index (κ1) is 15.6. The Morgan fingerprint density at radius 2 is 2.24 bits per heavy atom. The monoisotopic (exact) mass is 292 g/mol. The van der Waals surface area contributed by atoms with Crippen LogP contribution in [-0.2, 0) is 0 Å². The molecule has 1 atom stereocenters. The van der Waals surface area contributed by atoms with Crippen LogP contribution in [0.1, 0.15) is 43.0 Å². The Hall–Kier alpha value is -1.75. The summed E-state index contributed by atoms with van der Waals surface area (Å²) in [6.07, 6.45) is 3.95. The Labute approximate surface area is 125 Å². The third kappa shape index (κ3) is 3.47. The summed E-state index contributed by atoms with van der Waals surface area (Å²) in [4.78, 5) is 14.6. The number of carbonyl (C=O) groups is 1. The van der Waals surface area contributed by atoms with Gasteiger partial charge in [-0.3, -0.25) is 4.79 Å². The van der Waals surface area contributed by atoms with Gasteiger partial charge >= 0.3 is 0 Å². The first-order valence-corrected chi connectivity index (χ1v) is 7.62. The minimum Gasteiger partial charge on any atom is -0.491 e. The first-order valence-electron chi connectivity index (χ1n) is 7.62. The van der Waals surface area contributed by atoms with Gasteiger partial charge in [0, 0.05) is 6.54 Å². The number of aliphatic hydroxyl groups excluding tert-OH is 1. The van der Waals surface area contributed by atoms with Crippen molar-refractivity contribution in [2.45, 2.75) is 38.6 Å². The Bertz CT molecular complexity index is 490. The number of amides is 1. The van der Waals surface area contributed by atoms with Gasteiger partial charge in [-0.1, -0.05) is 18.9 Å². The second-order valence-electron chi connectivity index (χ2n) is 5.34. The van der Waals surface area contributed by atoms with Gasteiger partial charge in [0.25, 0.3) is 5.91 Å². The lowest BCUT2D eigenvalue weighted by molar-refractivity contribution is 0.0596. The fourth-order valence-electron chi connectivity index (χ4n) is 2.82. The molecule has 116 valence electrons. The van der Waals surface area contributed by atoms with Crippen LogP contribution in [-0.4, -0.2) is 41.7 Å². The van der Waals surface area contributed by atoms with E-state index in [1.165, 1.54) is 0 Å². The van der Waals surface area contributed by atoms with E-state index in [-0.39, 0.29) is 18.6 Å². The zero-order valence-electron chi connectivity index (χ0n) is 12.5. The second-order valence-corrected chi connectivity index (χ2v) is 5.34. The number of anilines is 1. The molecule has 0 radical (unpaired) electrons. The standard InChI is InChI=1S/C16H24N2O3/c1-2-21-15-13(8-6-9-14(15)17)16(20)18-10-5-3-4-7-12(18)11-19/h6,8-9,12,19H,2-5,7,10-11,17H2,1H3. The average molecular weight is 292 g/mol. The van der Waals surface area contributed by atoms with Gasteiger partial charge in [-0.05, 0) is 31.9 Å². The fraction of sp³-hybridized carbons (Fsp3) is 0.562. The Morgan fingerprint density at radius 1 is 1.43 bits per heavy atom. The minimum absolute atomic E-state index is 0.00196. The molecule has 1 fully saturated rings. The van der Waals surface area contributed by atoms with Gasteiger partial charge in [-0.2, -0.15) is 0 Å². The van der Waals surface area contributed by atoms with Gasteiger partial charge in [0.15, 0.2) is 5.75 Å². The molecule has 1 aliphatic heterocycles. The molecule has 0 spiro atoms. The number of ether oxygens (including phenoxy) is 1. The Kier molecular flexibility index (Phi) is 5.44. The largest absolute Gasteiger partial charge is 0.491 e. The van der Waals surface area contributed by atoms with Crippen molar-refractivity contribution < 1.29 is 14.6 Å². The fourth-order valence-corrected chi connectivity index (χ4v) is 2.82. The number of aliphatic hydroxyl groups is 1. The highest BCUT2D eigenvalue weighted by molar-refractivity contribution is 5.98. The van der Waals surface area contributed by atoms with Crippen molar-refractivity contribution in [3.05, 3.63) is 23.8 Å². The molecule has 2 rings (SSSR count). The summed E-state index contributed by atoms with van der Waals surface area (Å²) >= 11 is 0. The van der Waals surface area contributed by atoms with Crippen molar-refractivity contribution in [2.75, 3.05) is 25.5 Å². The molecule has 5 heteroatoms. The highest BCUT2D eigenvalue weighted by atomic mass is 16.5. The molecule has 1 amide bonds. The summed E-state index contributed by atoms with van der Waals surface area (Å²) in [7, 11) is 0. The molecule has 1 aliphatic rings. The van der Waals surface area contributed by atoms with E-state index in [1.54, 1.807) is 23.1 Å². The SMILES string of the molecule is CCOc1c(N)cccc1C(=O)N1CCCCCC1CO. The summed E-state index contributed by atoms with van der Waals surface area (Å²) in [5, 5.41) is 9.56. The molecule has 1 aromatic rings. The number of rotatable bonds is 4. The highest BCUT2D eigenvalue weighted by Gasteiger charge is 2.28. The van der Waals surface area contributed by atoms with Gasteiger partial charge in [0.1, 0.15) is 0 Å². The second kappa shape index (κ2) is 7.31. The molecule has 3 N–H and O–H groups in total.